The molecule has 2 heterocycles. The lowest BCUT2D eigenvalue weighted by atomic mass is 9.98. The third-order valence-corrected chi connectivity index (χ3v) is 5.38. The minimum Gasteiger partial charge on any atom is -0.394 e. The van der Waals surface area contributed by atoms with Crippen LogP contribution in [0.1, 0.15) is 13.8 Å². The summed E-state index contributed by atoms with van der Waals surface area (Å²) in [6, 6.07) is 0. The molecule has 14 heteroatoms. The van der Waals surface area contributed by atoms with Gasteiger partial charge in [-0.05, 0) is 0 Å². The van der Waals surface area contributed by atoms with Crippen molar-refractivity contribution in [1.29, 1.82) is 0 Å². The zero-order valence-electron chi connectivity index (χ0n) is 17.2. The Morgan fingerprint density at radius 2 is 1.13 bits per heavy atom. The standard InChI is InChI=1S/C14H27O13P.C2H6/c1-22-28(23-2)24-4-6-8(17)10(19)12(21)14(26-6)27-13-11(20)9(18)7(16)5(3-15)25-13;1-2/h5-21H,3-4H2,1-2H3;1-2H3/t5?,6?,7?,8?,9?,10?,11?,12?,13?,14-;/m1./s1. The molecule has 0 spiro atoms. The highest BCUT2D eigenvalue weighted by Crippen LogP contribution is 2.38. The first-order valence-corrected chi connectivity index (χ1v) is 10.5. The number of hydrogen-bond donors (Lipinski definition) is 7. The van der Waals surface area contributed by atoms with Crippen LogP contribution in [0.25, 0.3) is 0 Å². The van der Waals surface area contributed by atoms with E-state index < -0.39 is 76.6 Å². The third-order valence-electron chi connectivity index (χ3n) is 4.43. The van der Waals surface area contributed by atoms with E-state index >= 15 is 0 Å². The predicted octanol–water partition coefficient (Wildman–Crippen LogP) is -2.83. The normalized spacial score (nSPS) is 42.0. The van der Waals surface area contributed by atoms with Crippen LogP contribution in [0.4, 0.5) is 0 Å². The van der Waals surface area contributed by atoms with Crippen molar-refractivity contribution in [2.45, 2.75) is 75.3 Å². The van der Waals surface area contributed by atoms with Gasteiger partial charge in [0.1, 0.15) is 48.8 Å². The number of aliphatic hydroxyl groups excluding tert-OH is 7. The summed E-state index contributed by atoms with van der Waals surface area (Å²) in [6.45, 7) is 3.04. The molecule has 0 radical (unpaired) electrons. The van der Waals surface area contributed by atoms with Crippen molar-refractivity contribution in [3.63, 3.8) is 0 Å². The number of hydrogen-bond acceptors (Lipinski definition) is 13. The molecule has 7 N–H and O–H groups in total. The molecule has 30 heavy (non-hydrogen) atoms. The van der Waals surface area contributed by atoms with Gasteiger partial charge in [-0.3, -0.25) is 0 Å². The summed E-state index contributed by atoms with van der Waals surface area (Å²) in [5, 5.41) is 69.0. The first-order valence-electron chi connectivity index (χ1n) is 9.42. The summed E-state index contributed by atoms with van der Waals surface area (Å²) in [5.41, 5.74) is 0. The zero-order chi connectivity index (χ0) is 23.0. The van der Waals surface area contributed by atoms with Crippen LogP contribution in [-0.4, -0.2) is 125 Å². The maximum atomic E-state index is 10.1. The Hall–Kier alpha value is -0.0900. The minimum atomic E-state index is -1.73. The van der Waals surface area contributed by atoms with Crippen molar-refractivity contribution in [1.82, 2.24) is 0 Å². The summed E-state index contributed by atoms with van der Waals surface area (Å²) < 4.78 is 30.9. The summed E-state index contributed by atoms with van der Waals surface area (Å²) in [6.07, 6.45) is -15.6. The summed E-state index contributed by atoms with van der Waals surface area (Å²) in [7, 11) is 0.976. The van der Waals surface area contributed by atoms with Crippen LogP contribution in [0.5, 0.6) is 0 Å². The largest absolute Gasteiger partial charge is 0.394 e. The molecule has 2 aliphatic rings. The van der Waals surface area contributed by atoms with Gasteiger partial charge in [0.2, 0.25) is 0 Å². The van der Waals surface area contributed by atoms with Crippen LogP contribution in [0.15, 0.2) is 0 Å². The second-order valence-corrected chi connectivity index (χ2v) is 7.67. The van der Waals surface area contributed by atoms with Gasteiger partial charge in [0.25, 0.3) is 0 Å². The fourth-order valence-electron chi connectivity index (χ4n) is 2.79. The van der Waals surface area contributed by atoms with E-state index in [4.69, 9.17) is 27.8 Å². The molecule has 0 amide bonds. The Morgan fingerprint density at radius 3 is 1.57 bits per heavy atom. The lowest BCUT2D eigenvalue weighted by molar-refractivity contribution is -0.376. The Balaban J connectivity index is 0.00000218. The van der Waals surface area contributed by atoms with E-state index in [9.17, 15) is 35.7 Å². The minimum absolute atomic E-state index is 0.285. The Bertz CT molecular complexity index is 468. The van der Waals surface area contributed by atoms with Crippen LogP contribution >= 0.6 is 8.60 Å². The third kappa shape index (κ3) is 6.70. The van der Waals surface area contributed by atoms with Crippen LogP contribution in [-0.2, 0) is 27.8 Å². The first-order chi connectivity index (χ1) is 14.2. The molecular weight excluding hydrogens is 431 g/mol. The molecule has 180 valence electrons. The molecule has 0 aromatic heterocycles. The van der Waals surface area contributed by atoms with E-state index in [0.717, 1.165) is 0 Å². The lowest BCUT2D eigenvalue weighted by Gasteiger charge is -2.44. The van der Waals surface area contributed by atoms with Crippen molar-refractivity contribution in [3.05, 3.63) is 0 Å². The highest BCUT2D eigenvalue weighted by atomic mass is 31.2. The van der Waals surface area contributed by atoms with E-state index in [1.807, 2.05) is 13.8 Å². The lowest BCUT2D eigenvalue weighted by Crippen LogP contribution is -2.63. The number of aliphatic hydroxyl groups is 7. The SMILES string of the molecule is CC.COP(OC)OCC1O[C@H](OC2OC(CO)C(O)C(O)C2O)C(O)C(O)C1O. The molecule has 2 rings (SSSR count). The van der Waals surface area contributed by atoms with Gasteiger partial charge in [-0.15, -0.1) is 0 Å². The van der Waals surface area contributed by atoms with Crippen molar-refractivity contribution in [3.8, 4) is 0 Å². The van der Waals surface area contributed by atoms with Gasteiger partial charge >= 0.3 is 8.60 Å². The average Bonchev–Trinajstić information content (AvgIpc) is 2.77. The first kappa shape index (κ1) is 27.9. The van der Waals surface area contributed by atoms with Gasteiger partial charge in [-0.25, -0.2) is 0 Å². The Labute approximate surface area is 175 Å². The Morgan fingerprint density at radius 1 is 0.700 bits per heavy atom. The highest BCUT2D eigenvalue weighted by Gasteiger charge is 2.49. The fourth-order valence-corrected chi connectivity index (χ4v) is 3.42. The molecule has 0 aromatic carbocycles. The van der Waals surface area contributed by atoms with Gasteiger partial charge in [-0.1, -0.05) is 13.8 Å². The quantitative estimate of drug-likeness (QED) is 0.182. The molecule has 0 saturated carbocycles. The second kappa shape index (κ2) is 13.5. The monoisotopic (exact) mass is 464 g/mol. The van der Waals surface area contributed by atoms with Crippen molar-refractivity contribution in [2.75, 3.05) is 27.4 Å². The van der Waals surface area contributed by atoms with E-state index in [1.54, 1.807) is 0 Å². The number of rotatable bonds is 8. The van der Waals surface area contributed by atoms with E-state index in [1.165, 1.54) is 14.2 Å². The fraction of sp³-hybridized carbons (Fsp3) is 1.00. The maximum absolute atomic E-state index is 10.1. The van der Waals surface area contributed by atoms with Crippen LogP contribution in [0.2, 0.25) is 0 Å². The summed E-state index contributed by atoms with van der Waals surface area (Å²) in [5.74, 6) is 0. The maximum Gasteiger partial charge on any atom is 0.332 e. The van der Waals surface area contributed by atoms with Crippen LogP contribution in [0, 0.1) is 0 Å². The molecule has 0 aliphatic carbocycles. The zero-order valence-corrected chi connectivity index (χ0v) is 18.1. The van der Waals surface area contributed by atoms with E-state index in [2.05, 4.69) is 0 Å². The molecule has 2 saturated heterocycles. The average molecular weight is 464 g/mol. The van der Waals surface area contributed by atoms with Gasteiger partial charge < -0.3 is 63.5 Å². The molecule has 2 fully saturated rings. The van der Waals surface area contributed by atoms with Gasteiger partial charge in [0.15, 0.2) is 12.6 Å². The Kier molecular flexibility index (Phi) is 12.5. The number of ether oxygens (including phenoxy) is 3. The molecule has 10 atom stereocenters. The smallest absolute Gasteiger partial charge is 0.332 e. The molecule has 0 bridgehead atoms. The van der Waals surface area contributed by atoms with Crippen molar-refractivity contribution in [2.24, 2.45) is 0 Å². The topological polar surface area (TPSA) is 197 Å². The van der Waals surface area contributed by atoms with Gasteiger partial charge in [0.05, 0.1) is 13.2 Å². The van der Waals surface area contributed by atoms with E-state index in [0.29, 0.717) is 0 Å². The van der Waals surface area contributed by atoms with Gasteiger partial charge in [0, 0.05) is 14.2 Å². The molecule has 0 aromatic rings. The van der Waals surface area contributed by atoms with Crippen molar-refractivity contribution >= 4 is 8.60 Å². The van der Waals surface area contributed by atoms with Crippen LogP contribution in [0.3, 0.4) is 0 Å². The summed E-state index contributed by atoms with van der Waals surface area (Å²) in [4.78, 5) is 0. The van der Waals surface area contributed by atoms with Crippen molar-refractivity contribution < 1.29 is 63.5 Å². The molecule has 9 unspecified atom stereocenters. The predicted molar refractivity (Wildman–Crippen MR) is 99.8 cm³/mol. The molecular formula is C16H33O13P. The van der Waals surface area contributed by atoms with Crippen LogP contribution < -0.4 is 0 Å². The van der Waals surface area contributed by atoms with E-state index in [-0.39, 0.29) is 6.61 Å². The van der Waals surface area contributed by atoms with Gasteiger partial charge in [-0.2, -0.15) is 0 Å². The molecule has 2 aliphatic heterocycles. The summed E-state index contributed by atoms with van der Waals surface area (Å²) >= 11 is 0. The molecule has 13 nitrogen and oxygen atoms in total. The highest BCUT2D eigenvalue weighted by molar-refractivity contribution is 7.41. The second-order valence-electron chi connectivity index (χ2n) is 6.23.